The monoisotopic (exact) mass is 158 g/mol. The van der Waals surface area contributed by atoms with Gasteiger partial charge in [0.2, 0.25) is 0 Å². The summed E-state index contributed by atoms with van der Waals surface area (Å²) in [7, 11) is 0. The number of hydrogen-bond donors (Lipinski definition) is 1. The van der Waals surface area contributed by atoms with Crippen molar-refractivity contribution in [1.29, 1.82) is 0 Å². The molecule has 0 saturated carbocycles. The van der Waals surface area contributed by atoms with Crippen molar-refractivity contribution in [2.45, 2.75) is 25.7 Å². The Morgan fingerprint density at radius 1 is 1.82 bits per heavy atom. The highest BCUT2D eigenvalue weighted by Crippen LogP contribution is 2.28. The summed E-state index contributed by atoms with van der Waals surface area (Å²) in [6, 6.07) is 0. The van der Waals surface area contributed by atoms with Gasteiger partial charge in [-0.1, -0.05) is 6.58 Å². The molecule has 1 aliphatic heterocycles. The maximum Gasteiger partial charge on any atom is 0.188 e. The molecule has 3 heteroatoms. The van der Waals surface area contributed by atoms with Gasteiger partial charge in [-0.25, -0.2) is 0 Å². The molecular weight excluding hydrogens is 144 g/mol. The number of hydrogen-bond acceptors (Lipinski definition) is 3. The van der Waals surface area contributed by atoms with Crippen molar-refractivity contribution in [3.63, 3.8) is 0 Å². The molecule has 0 aromatic rings. The first kappa shape index (κ1) is 8.71. The van der Waals surface area contributed by atoms with Gasteiger partial charge in [-0.05, 0) is 19.4 Å². The molecule has 2 atom stereocenters. The van der Waals surface area contributed by atoms with E-state index in [1.54, 1.807) is 0 Å². The molecule has 1 saturated heterocycles. The third kappa shape index (κ3) is 1.61. The van der Waals surface area contributed by atoms with Crippen molar-refractivity contribution in [2.75, 3.05) is 13.2 Å². The summed E-state index contributed by atoms with van der Waals surface area (Å²) in [6.45, 7) is 7.85. The maximum atomic E-state index is 8.75. The van der Waals surface area contributed by atoms with E-state index in [2.05, 4.69) is 6.58 Å². The molecule has 11 heavy (non-hydrogen) atoms. The maximum absolute atomic E-state index is 8.75. The van der Waals surface area contributed by atoms with Crippen molar-refractivity contribution in [3.8, 4) is 0 Å². The first-order valence-corrected chi connectivity index (χ1v) is 3.67. The van der Waals surface area contributed by atoms with Crippen molar-refractivity contribution in [1.82, 2.24) is 0 Å². The van der Waals surface area contributed by atoms with E-state index in [1.807, 2.05) is 13.8 Å². The normalized spacial score (nSPS) is 37.5. The highest BCUT2D eigenvalue weighted by Gasteiger charge is 2.37. The first-order valence-electron chi connectivity index (χ1n) is 3.67. The average molecular weight is 158 g/mol. The van der Waals surface area contributed by atoms with Crippen molar-refractivity contribution in [3.05, 3.63) is 12.2 Å². The molecule has 1 fully saturated rings. The minimum Gasteiger partial charge on any atom is -0.394 e. The van der Waals surface area contributed by atoms with Crippen LogP contribution in [0.15, 0.2) is 12.2 Å². The van der Waals surface area contributed by atoms with Gasteiger partial charge in [0.1, 0.15) is 6.10 Å². The second kappa shape index (κ2) is 2.93. The molecular formula is C8H14O3. The molecule has 0 amide bonds. The second-order valence-electron chi connectivity index (χ2n) is 2.96. The lowest BCUT2D eigenvalue weighted by atomic mass is 10.2. The zero-order chi connectivity index (χ0) is 8.48. The van der Waals surface area contributed by atoms with Crippen LogP contribution < -0.4 is 0 Å². The van der Waals surface area contributed by atoms with E-state index < -0.39 is 5.79 Å². The molecule has 1 aliphatic rings. The van der Waals surface area contributed by atoms with Crippen LogP contribution in [0.5, 0.6) is 0 Å². The topological polar surface area (TPSA) is 38.7 Å². The Morgan fingerprint density at radius 3 is 2.73 bits per heavy atom. The summed E-state index contributed by atoms with van der Waals surface area (Å²) in [5.74, 6) is -0.687. The molecule has 2 unspecified atom stereocenters. The summed E-state index contributed by atoms with van der Waals surface area (Å²) in [6.07, 6.45) is -0.198. The fourth-order valence-corrected chi connectivity index (χ4v) is 0.952. The van der Waals surface area contributed by atoms with Gasteiger partial charge in [0.05, 0.1) is 13.2 Å². The van der Waals surface area contributed by atoms with Crippen molar-refractivity contribution >= 4 is 0 Å². The summed E-state index contributed by atoms with van der Waals surface area (Å²) in [5, 5.41) is 8.75. The van der Waals surface area contributed by atoms with Crippen LogP contribution in [0, 0.1) is 0 Å². The minimum absolute atomic E-state index is 0.00285. The molecule has 1 N–H and O–H groups in total. The number of aliphatic hydroxyl groups is 1. The Bertz CT molecular complexity index is 167. The van der Waals surface area contributed by atoms with Crippen LogP contribution in [-0.4, -0.2) is 30.2 Å². The number of rotatable bonds is 2. The van der Waals surface area contributed by atoms with Crippen LogP contribution in [0.4, 0.5) is 0 Å². The van der Waals surface area contributed by atoms with Crippen molar-refractivity contribution in [2.24, 2.45) is 0 Å². The molecule has 0 radical (unpaired) electrons. The van der Waals surface area contributed by atoms with E-state index in [4.69, 9.17) is 14.6 Å². The third-order valence-corrected chi connectivity index (χ3v) is 1.92. The second-order valence-corrected chi connectivity index (χ2v) is 2.96. The van der Waals surface area contributed by atoms with E-state index in [-0.39, 0.29) is 12.7 Å². The predicted molar refractivity (Wildman–Crippen MR) is 41.1 cm³/mol. The van der Waals surface area contributed by atoms with Crippen LogP contribution in [0.3, 0.4) is 0 Å². The molecule has 0 aromatic carbocycles. The summed E-state index contributed by atoms with van der Waals surface area (Å²) in [4.78, 5) is 0. The number of aliphatic hydroxyl groups excluding tert-OH is 1. The van der Waals surface area contributed by atoms with Gasteiger partial charge in [-0.3, -0.25) is 0 Å². The molecule has 0 aliphatic carbocycles. The molecule has 0 bridgehead atoms. The third-order valence-electron chi connectivity index (χ3n) is 1.92. The molecule has 1 heterocycles. The SMILES string of the molecule is C=C(C)C1(C)OCC(CO)O1. The highest BCUT2D eigenvalue weighted by atomic mass is 16.7. The summed E-state index contributed by atoms with van der Waals surface area (Å²) >= 11 is 0. The van der Waals surface area contributed by atoms with E-state index in [0.29, 0.717) is 6.61 Å². The Labute approximate surface area is 66.6 Å². The Morgan fingerprint density at radius 2 is 2.45 bits per heavy atom. The molecule has 0 aromatic heterocycles. The Balaban J connectivity index is 2.57. The van der Waals surface area contributed by atoms with E-state index in [9.17, 15) is 0 Å². The van der Waals surface area contributed by atoms with Crippen LogP contribution in [-0.2, 0) is 9.47 Å². The molecule has 0 spiro atoms. The Kier molecular flexibility index (Phi) is 2.32. The van der Waals surface area contributed by atoms with Crippen LogP contribution >= 0.6 is 0 Å². The molecule has 3 nitrogen and oxygen atoms in total. The summed E-state index contributed by atoms with van der Waals surface area (Å²) in [5.41, 5.74) is 0.827. The van der Waals surface area contributed by atoms with E-state index >= 15 is 0 Å². The lowest BCUT2D eigenvalue weighted by Crippen LogP contribution is -2.28. The quantitative estimate of drug-likeness (QED) is 0.601. The minimum atomic E-state index is -0.687. The zero-order valence-corrected chi connectivity index (χ0v) is 6.96. The van der Waals surface area contributed by atoms with Gasteiger partial charge in [-0.15, -0.1) is 0 Å². The lowest BCUT2D eigenvalue weighted by molar-refractivity contribution is -0.127. The van der Waals surface area contributed by atoms with Crippen LogP contribution in [0.2, 0.25) is 0 Å². The first-order chi connectivity index (χ1) is 5.08. The lowest BCUT2D eigenvalue weighted by Gasteiger charge is -2.22. The van der Waals surface area contributed by atoms with Gasteiger partial charge in [0.15, 0.2) is 5.79 Å². The fraction of sp³-hybridized carbons (Fsp3) is 0.750. The average Bonchev–Trinajstić information content (AvgIpc) is 2.33. The van der Waals surface area contributed by atoms with E-state index in [0.717, 1.165) is 5.57 Å². The smallest absolute Gasteiger partial charge is 0.188 e. The number of ether oxygens (including phenoxy) is 2. The van der Waals surface area contributed by atoms with Gasteiger partial charge >= 0.3 is 0 Å². The van der Waals surface area contributed by atoms with Gasteiger partial charge in [0.25, 0.3) is 0 Å². The summed E-state index contributed by atoms with van der Waals surface area (Å²) < 4.78 is 10.7. The fourth-order valence-electron chi connectivity index (χ4n) is 0.952. The van der Waals surface area contributed by atoms with Gasteiger partial charge in [0, 0.05) is 0 Å². The standard InChI is InChI=1S/C8H14O3/c1-6(2)8(3)10-5-7(4-9)11-8/h7,9H,1,4-5H2,2-3H3. The molecule has 64 valence electrons. The molecule has 1 rings (SSSR count). The van der Waals surface area contributed by atoms with Gasteiger partial charge in [-0.2, -0.15) is 0 Å². The largest absolute Gasteiger partial charge is 0.394 e. The van der Waals surface area contributed by atoms with Crippen LogP contribution in [0.25, 0.3) is 0 Å². The zero-order valence-electron chi connectivity index (χ0n) is 6.96. The van der Waals surface area contributed by atoms with Crippen LogP contribution in [0.1, 0.15) is 13.8 Å². The Hall–Kier alpha value is -0.380. The predicted octanol–water partition coefficient (Wildman–Crippen LogP) is 0.686. The van der Waals surface area contributed by atoms with Gasteiger partial charge < -0.3 is 14.6 Å². The van der Waals surface area contributed by atoms with E-state index in [1.165, 1.54) is 0 Å². The van der Waals surface area contributed by atoms with Crippen molar-refractivity contribution < 1.29 is 14.6 Å². The highest BCUT2D eigenvalue weighted by molar-refractivity contribution is 5.04.